The Morgan fingerprint density at radius 3 is 2.77 bits per heavy atom. The zero-order chi connectivity index (χ0) is 9.84. The molecule has 0 amide bonds. The van der Waals surface area contributed by atoms with Gasteiger partial charge in [-0.05, 0) is 24.6 Å². The van der Waals surface area contributed by atoms with Crippen LogP contribution in [0, 0.1) is 5.82 Å². The number of halogens is 1. The average Bonchev–Trinajstić information content (AvgIpc) is 2.12. The highest BCUT2D eigenvalue weighted by Gasteiger charge is 2.12. The molecule has 0 aromatic heterocycles. The third-order valence-corrected chi connectivity index (χ3v) is 1.78. The van der Waals surface area contributed by atoms with E-state index in [4.69, 9.17) is 15.6 Å². The van der Waals surface area contributed by atoms with E-state index in [-0.39, 0.29) is 5.75 Å². The smallest absolute Gasteiger partial charge is 0.206 e. The lowest BCUT2D eigenvalue weighted by Crippen LogP contribution is -2.05. The summed E-state index contributed by atoms with van der Waals surface area (Å²) in [6, 6.07) is 2.90. The molecule has 4 heteroatoms. The fraction of sp³-hybridized carbons (Fsp3) is 0.333. The van der Waals surface area contributed by atoms with Crippen LogP contribution in [-0.2, 0) is 6.42 Å². The van der Waals surface area contributed by atoms with Gasteiger partial charge in [-0.15, -0.1) is 0 Å². The van der Waals surface area contributed by atoms with E-state index in [2.05, 4.69) is 0 Å². The lowest BCUT2D eigenvalue weighted by Gasteiger charge is -2.08. The highest BCUT2D eigenvalue weighted by Crippen LogP contribution is 2.29. The predicted molar refractivity (Wildman–Crippen MR) is 47.4 cm³/mol. The minimum absolute atomic E-state index is 0.0745. The van der Waals surface area contributed by atoms with Gasteiger partial charge in [-0.3, -0.25) is 0 Å². The van der Waals surface area contributed by atoms with E-state index in [0.717, 1.165) is 0 Å². The Kier molecular flexibility index (Phi) is 3.08. The van der Waals surface area contributed by atoms with Crippen molar-refractivity contribution in [2.75, 3.05) is 13.7 Å². The quantitative estimate of drug-likeness (QED) is 0.739. The second-order valence-corrected chi connectivity index (χ2v) is 2.63. The van der Waals surface area contributed by atoms with Crippen LogP contribution in [0.25, 0.3) is 0 Å². The van der Waals surface area contributed by atoms with E-state index in [1.165, 1.54) is 13.2 Å². The van der Waals surface area contributed by atoms with Crippen molar-refractivity contribution >= 4 is 0 Å². The van der Waals surface area contributed by atoms with Crippen molar-refractivity contribution in [1.29, 1.82) is 0 Å². The molecule has 0 aliphatic heterocycles. The highest BCUT2D eigenvalue weighted by atomic mass is 19.1. The van der Waals surface area contributed by atoms with Crippen molar-refractivity contribution in [1.82, 2.24) is 0 Å². The van der Waals surface area contributed by atoms with Crippen LogP contribution in [0.15, 0.2) is 12.1 Å². The van der Waals surface area contributed by atoms with E-state index in [1.54, 1.807) is 6.07 Å². The molecule has 0 aliphatic rings. The number of hydrogen-bond acceptors (Lipinski definition) is 3. The molecule has 0 spiro atoms. The first-order chi connectivity index (χ1) is 6.20. The van der Waals surface area contributed by atoms with Crippen LogP contribution < -0.4 is 10.5 Å². The minimum Gasteiger partial charge on any atom is -0.505 e. The maximum Gasteiger partial charge on any atom is 0.206 e. The number of phenols is 1. The first-order valence-electron chi connectivity index (χ1n) is 3.95. The van der Waals surface area contributed by atoms with Gasteiger partial charge < -0.3 is 15.6 Å². The summed E-state index contributed by atoms with van der Waals surface area (Å²) < 4.78 is 18.0. The summed E-state index contributed by atoms with van der Waals surface area (Å²) >= 11 is 0. The monoisotopic (exact) mass is 185 g/mol. The Labute approximate surface area is 75.9 Å². The number of hydrogen-bond donors (Lipinski definition) is 2. The fourth-order valence-corrected chi connectivity index (χ4v) is 1.16. The molecule has 72 valence electrons. The summed E-state index contributed by atoms with van der Waals surface area (Å²) in [6.07, 6.45) is 0.528. The maximum absolute atomic E-state index is 13.2. The second-order valence-electron chi connectivity index (χ2n) is 2.63. The van der Waals surface area contributed by atoms with Crippen LogP contribution in [0.2, 0.25) is 0 Å². The molecule has 0 saturated carbocycles. The molecule has 3 nitrogen and oxygen atoms in total. The summed E-state index contributed by atoms with van der Waals surface area (Å²) in [6.45, 7) is 0.417. The van der Waals surface area contributed by atoms with Crippen LogP contribution in [0.5, 0.6) is 11.5 Å². The number of aromatic hydroxyl groups is 1. The summed E-state index contributed by atoms with van der Waals surface area (Å²) in [5, 5.41) is 9.04. The molecule has 1 aromatic rings. The van der Waals surface area contributed by atoms with Crippen molar-refractivity contribution < 1.29 is 14.2 Å². The molecule has 0 atom stereocenters. The van der Waals surface area contributed by atoms with Gasteiger partial charge in [-0.25, -0.2) is 0 Å². The Morgan fingerprint density at radius 1 is 1.54 bits per heavy atom. The standard InChI is InChI=1S/C9H12FNO2/c1-13-9-6(4-5-11)2-3-7(12)8(9)10/h2-3,12H,4-5,11H2,1H3. The third kappa shape index (κ3) is 1.89. The van der Waals surface area contributed by atoms with Gasteiger partial charge in [0.25, 0.3) is 0 Å². The molecule has 13 heavy (non-hydrogen) atoms. The molecule has 0 fully saturated rings. The lowest BCUT2D eigenvalue weighted by atomic mass is 10.1. The van der Waals surface area contributed by atoms with E-state index in [1.807, 2.05) is 0 Å². The molecule has 1 aromatic carbocycles. The number of nitrogens with two attached hydrogens (primary N) is 1. The number of benzene rings is 1. The van der Waals surface area contributed by atoms with Gasteiger partial charge in [0.1, 0.15) is 0 Å². The van der Waals surface area contributed by atoms with Gasteiger partial charge in [0.15, 0.2) is 11.5 Å². The van der Waals surface area contributed by atoms with Gasteiger partial charge in [0.2, 0.25) is 5.82 Å². The van der Waals surface area contributed by atoms with E-state index in [9.17, 15) is 4.39 Å². The molecule has 0 heterocycles. The largest absolute Gasteiger partial charge is 0.505 e. The van der Waals surface area contributed by atoms with Gasteiger partial charge in [-0.1, -0.05) is 6.07 Å². The Balaban J connectivity index is 3.13. The predicted octanol–water partition coefficient (Wildman–Crippen LogP) is 1.04. The topological polar surface area (TPSA) is 55.5 Å². The van der Waals surface area contributed by atoms with Crippen molar-refractivity contribution in [2.24, 2.45) is 5.73 Å². The van der Waals surface area contributed by atoms with Crippen LogP contribution >= 0.6 is 0 Å². The van der Waals surface area contributed by atoms with Crippen molar-refractivity contribution in [3.8, 4) is 11.5 Å². The molecular formula is C9H12FNO2. The highest BCUT2D eigenvalue weighted by molar-refractivity contribution is 5.42. The zero-order valence-corrected chi connectivity index (χ0v) is 7.38. The van der Waals surface area contributed by atoms with Gasteiger partial charge in [-0.2, -0.15) is 4.39 Å². The summed E-state index contributed by atoms with van der Waals surface area (Å²) in [7, 11) is 1.36. The second kappa shape index (κ2) is 4.09. The summed E-state index contributed by atoms with van der Waals surface area (Å²) in [4.78, 5) is 0. The number of ether oxygens (including phenoxy) is 1. The molecule has 0 saturated heterocycles. The van der Waals surface area contributed by atoms with Crippen LogP contribution in [0.1, 0.15) is 5.56 Å². The normalized spacial score (nSPS) is 10.1. The van der Waals surface area contributed by atoms with Crippen LogP contribution in [0.4, 0.5) is 4.39 Å². The van der Waals surface area contributed by atoms with Gasteiger partial charge >= 0.3 is 0 Å². The molecule has 0 bridgehead atoms. The first kappa shape index (κ1) is 9.80. The Bertz CT molecular complexity index is 302. The van der Waals surface area contributed by atoms with E-state index in [0.29, 0.717) is 18.5 Å². The third-order valence-electron chi connectivity index (χ3n) is 1.78. The molecule has 3 N–H and O–H groups in total. The number of rotatable bonds is 3. The van der Waals surface area contributed by atoms with Gasteiger partial charge in [0.05, 0.1) is 7.11 Å². The van der Waals surface area contributed by atoms with Crippen molar-refractivity contribution in [3.05, 3.63) is 23.5 Å². The van der Waals surface area contributed by atoms with Crippen molar-refractivity contribution in [2.45, 2.75) is 6.42 Å². The number of phenolic OH excluding ortho intramolecular Hbond substituents is 1. The van der Waals surface area contributed by atoms with E-state index < -0.39 is 11.6 Å². The first-order valence-corrected chi connectivity index (χ1v) is 3.95. The van der Waals surface area contributed by atoms with Crippen LogP contribution in [0.3, 0.4) is 0 Å². The number of methoxy groups -OCH3 is 1. The molecule has 0 unspecified atom stereocenters. The maximum atomic E-state index is 13.2. The molecule has 0 aliphatic carbocycles. The zero-order valence-electron chi connectivity index (χ0n) is 7.38. The fourth-order valence-electron chi connectivity index (χ4n) is 1.16. The Hall–Kier alpha value is -1.29. The molecule has 1 rings (SSSR count). The van der Waals surface area contributed by atoms with Gasteiger partial charge in [0, 0.05) is 0 Å². The Morgan fingerprint density at radius 2 is 2.23 bits per heavy atom. The van der Waals surface area contributed by atoms with Crippen LogP contribution in [-0.4, -0.2) is 18.8 Å². The minimum atomic E-state index is -0.728. The average molecular weight is 185 g/mol. The van der Waals surface area contributed by atoms with Crippen molar-refractivity contribution in [3.63, 3.8) is 0 Å². The SMILES string of the molecule is COc1c(CCN)ccc(O)c1F. The molecule has 0 radical (unpaired) electrons. The summed E-state index contributed by atoms with van der Waals surface area (Å²) in [5.74, 6) is -1.06. The molecular weight excluding hydrogens is 173 g/mol. The summed E-state index contributed by atoms with van der Waals surface area (Å²) in [5.41, 5.74) is 6.00. The van der Waals surface area contributed by atoms with E-state index >= 15 is 0 Å². The lowest BCUT2D eigenvalue weighted by molar-refractivity contribution is 0.360.